The van der Waals surface area contributed by atoms with Gasteiger partial charge in [-0.1, -0.05) is 0 Å². The molecule has 0 unspecified atom stereocenters. The molecule has 0 spiro atoms. The molecule has 2 aromatic heterocycles. The van der Waals surface area contributed by atoms with Crippen LogP contribution in [0, 0.1) is 18.3 Å². The van der Waals surface area contributed by atoms with E-state index in [1.807, 2.05) is 11.8 Å². The Hall–Kier alpha value is -2.88. The van der Waals surface area contributed by atoms with E-state index >= 15 is 0 Å². The Morgan fingerprint density at radius 3 is 2.73 bits per heavy atom. The highest BCUT2D eigenvalue weighted by atomic mass is 16.2. The van der Waals surface area contributed by atoms with Crippen LogP contribution in [0.4, 0.5) is 5.82 Å². The monoisotopic (exact) mass is 296 g/mol. The SMILES string of the molecule is Cc1cnc(C(=O)N2CCN(c3ncccc3C#N)CC2)[nH]1. The van der Waals surface area contributed by atoms with E-state index in [9.17, 15) is 4.79 Å². The van der Waals surface area contributed by atoms with Gasteiger partial charge in [0.15, 0.2) is 5.82 Å². The average molecular weight is 296 g/mol. The van der Waals surface area contributed by atoms with Crippen LogP contribution < -0.4 is 4.90 Å². The standard InChI is InChI=1S/C15H16N6O/c1-11-10-18-13(19-11)15(22)21-7-5-20(6-8-21)14-12(9-16)3-2-4-17-14/h2-4,10H,5-8H2,1H3,(H,18,19). The Kier molecular flexibility index (Phi) is 3.74. The number of hydrogen-bond acceptors (Lipinski definition) is 5. The van der Waals surface area contributed by atoms with Gasteiger partial charge in [-0.25, -0.2) is 9.97 Å². The van der Waals surface area contributed by atoms with Crippen molar-refractivity contribution in [2.75, 3.05) is 31.1 Å². The number of hydrogen-bond donors (Lipinski definition) is 1. The fraction of sp³-hybridized carbons (Fsp3) is 0.333. The van der Waals surface area contributed by atoms with Crippen LogP contribution in [0.25, 0.3) is 0 Å². The Balaban J connectivity index is 1.68. The summed E-state index contributed by atoms with van der Waals surface area (Å²) in [5, 5.41) is 9.15. The number of piperazine rings is 1. The number of pyridine rings is 1. The number of imidazole rings is 1. The summed E-state index contributed by atoms with van der Waals surface area (Å²) in [6.07, 6.45) is 3.33. The zero-order valence-corrected chi connectivity index (χ0v) is 12.3. The van der Waals surface area contributed by atoms with Crippen molar-refractivity contribution in [2.24, 2.45) is 0 Å². The summed E-state index contributed by atoms with van der Waals surface area (Å²) in [5.41, 5.74) is 1.43. The van der Waals surface area contributed by atoms with Gasteiger partial charge in [-0.05, 0) is 19.1 Å². The van der Waals surface area contributed by atoms with Crippen LogP contribution in [-0.4, -0.2) is 51.9 Å². The lowest BCUT2D eigenvalue weighted by Crippen LogP contribution is -2.49. The van der Waals surface area contributed by atoms with Gasteiger partial charge in [-0.3, -0.25) is 4.79 Å². The first-order valence-corrected chi connectivity index (χ1v) is 7.10. The van der Waals surface area contributed by atoms with Crippen molar-refractivity contribution in [3.63, 3.8) is 0 Å². The molecule has 0 aromatic carbocycles. The van der Waals surface area contributed by atoms with Gasteiger partial charge in [-0.15, -0.1) is 0 Å². The van der Waals surface area contributed by atoms with Crippen LogP contribution in [0.5, 0.6) is 0 Å². The molecule has 1 N–H and O–H groups in total. The number of amides is 1. The quantitative estimate of drug-likeness (QED) is 0.891. The van der Waals surface area contributed by atoms with Crippen LogP contribution in [0.1, 0.15) is 21.9 Å². The summed E-state index contributed by atoms with van der Waals surface area (Å²) in [5.74, 6) is 0.974. The number of aryl methyl sites for hydroxylation is 1. The molecule has 1 aliphatic heterocycles. The predicted molar refractivity (Wildman–Crippen MR) is 80.4 cm³/mol. The maximum absolute atomic E-state index is 12.3. The largest absolute Gasteiger partial charge is 0.352 e. The van der Waals surface area contributed by atoms with Crippen molar-refractivity contribution in [1.82, 2.24) is 19.9 Å². The molecule has 3 rings (SSSR count). The zero-order valence-electron chi connectivity index (χ0n) is 12.3. The smallest absolute Gasteiger partial charge is 0.289 e. The number of anilines is 1. The summed E-state index contributed by atoms with van der Waals surface area (Å²) in [4.78, 5) is 27.5. The summed E-state index contributed by atoms with van der Waals surface area (Å²) in [6, 6.07) is 5.66. The third-order valence-electron chi connectivity index (χ3n) is 3.68. The number of aromatic nitrogens is 3. The fourth-order valence-electron chi connectivity index (χ4n) is 2.53. The molecule has 0 saturated carbocycles. The highest BCUT2D eigenvalue weighted by Gasteiger charge is 2.25. The number of carbonyl (C=O) groups is 1. The molecule has 112 valence electrons. The molecule has 22 heavy (non-hydrogen) atoms. The summed E-state index contributed by atoms with van der Waals surface area (Å²) >= 11 is 0. The highest BCUT2D eigenvalue weighted by molar-refractivity contribution is 5.90. The minimum absolute atomic E-state index is 0.0886. The van der Waals surface area contributed by atoms with Crippen LogP contribution in [0.3, 0.4) is 0 Å². The molecule has 1 fully saturated rings. The molecule has 0 atom stereocenters. The summed E-state index contributed by atoms with van der Waals surface area (Å²) < 4.78 is 0. The Morgan fingerprint density at radius 2 is 2.09 bits per heavy atom. The third-order valence-corrected chi connectivity index (χ3v) is 3.68. The van der Waals surface area contributed by atoms with Gasteiger partial charge in [-0.2, -0.15) is 5.26 Å². The van der Waals surface area contributed by atoms with E-state index in [0.717, 1.165) is 5.69 Å². The number of H-pyrrole nitrogens is 1. The number of nitriles is 1. The first kappa shape index (κ1) is 14.1. The lowest BCUT2D eigenvalue weighted by Gasteiger charge is -2.35. The van der Waals surface area contributed by atoms with E-state index in [-0.39, 0.29) is 5.91 Å². The summed E-state index contributed by atoms with van der Waals surface area (Å²) in [7, 11) is 0. The number of nitrogens with zero attached hydrogens (tertiary/aromatic N) is 5. The first-order valence-electron chi connectivity index (χ1n) is 7.10. The molecule has 7 nitrogen and oxygen atoms in total. The van der Waals surface area contributed by atoms with Crippen molar-refractivity contribution in [2.45, 2.75) is 6.92 Å². The Morgan fingerprint density at radius 1 is 1.32 bits per heavy atom. The third kappa shape index (κ3) is 2.63. The predicted octanol–water partition coefficient (Wildman–Crippen LogP) is 0.947. The first-order chi connectivity index (χ1) is 10.7. The molecule has 0 radical (unpaired) electrons. The molecule has 0 bridgehead atoms. The van der Waals surface area contributed by atoms with E-state index in [4.69, 9.17) is 5.26 Å². The van der Waals surface area contributed by atoms with Crippen LogP contribution in [0.15, 0.2) is 24.5 Å². The van der Waals surface area contributed by atoms with Crippen LogP contribution >= 0.6 is 0 Å². The molecule has 7 heteroatoms. The van der Waals surface area contributed by atoms with Crippen molar-refractivity contribution < 1.29 is 4.79 Å². The lowest BCUT2D eigenvalue weighted by molar-refractivity contribution is 0.0735. The molecular formula is C15H16N6O. The number of carbonyl (C=O) groups excluding carboxylic acids is 1. The molecule has 3 heterocycles. The topological polar surface area (TPSA) is 88.9 Å². The Labute approximate surface area is 128 Å². The second-order valence-electron chi connectivity index (χ2n) is 5.18. The number of nitrogens with one attached hydrogen (secondary N) is 1. The van der Waals surface area contributed by atoms with Gasteiger partial charge in [0.25, 0.3) is 5.91 Å². The van der Waals surface area contributed by atoms with Crippen molar-refractivity contribution in [1.29, 1.82) is 5.26 Å². The van der Waals surface area contributed by atoms with Crippen molar-refractivity contribution >= 4 is 11.7 Å². The molecular weight excluding hydrogens is 280 g/mol. The minimum Gasteiger partial charge on any atom is -0.352 e. The van der Waals surface area contributed by atoms with E-state index < -0.39 is 0 Å². The molecule has 1 aliphatic rings. The van der Waals surface area contributed by atoms with Gasteiger partial charge in [0.2, 0.25) is 0 Å². The maximum atomic E-state index is 12.3. The second kappa shape index (κ2) is 5.85. The lowest BCUT2D eigenvalue weighted by atomic mass is 10.2. The van der Waals surface area contributed by atoms with E-state index in [1.165, 1.54) is 0 Å². The number of aromatic amines is 1. The van der Waals surface area contributed by atoms with Gasteiger partial charge in [0.05, 0.1) is 5.56 Å². The average Bonchev–Trinajstić information content (AvgIpc) is 3.01. The van der Waals surface area contributed by atoms with Gasteiger partial charge < -0.3 is 14.8 Å². The van der Waals surface area contributed by atoms with E-state index in [2.05, 4.69) is 21.0 Å². The van der Waals surface area contributed by atoms with Crippen LogP contribution in [0.2, 0.25) is 0 Å². The van der Waals surface area contributed by atoms with Crippen LogP contribution in [-0.2, 0) is 0 Å². The molecule has 1 amide bonds. The van der Waals surface area contributed by atoms with E-state index in [1.54, 1.807) is 29.4 Å². The van der Waals surface area contributed by atoms with E-state index in [0.29, 0.717) is 43.4 Å². The zero-order chi connectivity index (χ0) is 15.5. The number of rotatable bonds is 2. The Bertz CT molecular complexity index is 724. The summed E-state index contributed by atoms with van der Waals surface area (Å²) in [6.45, 7) is 4.33. The molecule has 1 saturated heterocycles. The normalized spacial score (nSPS) is 14.7. The maximum Gasteiger partial charge on any atom is 0.289 e. The minimum atomic E-state index is -0.0886. The van der Waals surface area contributed by atoms with Gasteiger partial charge in [0, 0.05) is 44.3 Å². The molecule has 0 aliphatic carbocycles. The highest BCUT2D eigenvalue weighted by Crippen LogP contribution is 2.18. The van der Waals surface area contributed by atoms with Crippen molar-refractivity contribution in [3.05, 3.63) is 41.6 Å². The van der Waals surface area contributed by atoms with Gasteiger partial charge in [0.1, 0.15) is 11.9 Å². The van der Waals surface area contributed by atoms with Gasteiger partial charge >= 0.3 is 0 Å². The fourth-order valence-corrected chi connectivity index (χ4v) is 2.53. The second-order valence-corrected chi connectivity index (χ2v) is 5.18. The van der Waals surface area contributed by atoms with Crippen molar-refractivity contribution in [3.8, 4) is 6.07 Å². The molecule has 2 aromatic rings.